The van der Waals surface area contributed by atoms with Crippen LogP contribution >= 0.6 is 24.0 Å². The summed E-state index contributed by atoms with van der Waals surface area (Å²) in [4.78, 5) is 27.5. The van der Waals surface area contributed by atoms with Gasteiger partial charge in [0, 0.05) is 31.8 Å². The van der Waals surface area contributed by atoms with Gasteiger partial charge in [-0.3, -0.25) is 9.59 Å². The van der Waals surface area contributed by atoms with E-state index in [0.717, 1.165) is 5.56 Å². The van der Waals surface area contributed by atoms with Crippen molar-refractivity contribution in [3.05, 3.63) is 34.9 Å². The zero-order valence-corrected chi connectivity index (χ0v) is 14.5. The number of nitrogens with zero attached hydrogens (tertiary/aromatic N) is 2. The summed E-state index contributed by atoms with van der Waals surface area (Å²) >= 11 is 5.95. The summed E-state index contributed by atoms with van der Waals surface area (Å²) < 4.78 is 4.87. The molecule has 23 heavy (non-hydrogen) atoms. The second kappa shape index (κ2) is 9.08. The molecule has 2 amide bonds. The predicted molar refractivity (Wildman–Crippen MR) is 90.5 cm³/mol. The third-order valence-electron chi connectivity index (χ3n) is 3.56. The first-order valence-corrected chi connectivity index (χ1v) is 7.44. The van der Waals surface area contributed by atoms with E-state index >= 15 is 0 Å². The van der Waals surface area contributed by atoms with Gasteiger partial charge in [-0.15, -0.1) is 12.4 Å². The quantitative estimate of drug-likeness (QED) is 0.845. The number of nitrogens with two attached hydrogens (primary N) is 1. The van der Waals surface area contributed by atoms with Crippen molar-refractivity contribution in [3.8, 4) is 0 Å². The first kappa shape index (κ1) is 19.7. The van der Waals surface area contributed by atoms with Crippen molar-refractivity contribution >= 4 is 35.8 Å². The van der Waals surface area contributed by atoms with Gasteiger partial charge in [-0.2, -0.15) is 0 Å². The second-order valence-electron chi connectivity index (χ2n) is 5.27. The lowest BCUT2D eigenvalue weighted by atomic mass is 10.2. The van der Waals surface area contributed by atoms with E-state index in [1.54, 1.807) is 11.0 Å². The van der Waals surface area contributed by atoms with Crippen molar-refractivity contribution in [3.63, 3.8) is 0 Å². The Hall–Kier alpha value is -1.34. The van der Waals surface area contributed by atoms with Gasteiger partial charge >= 0.3 is 0 Å². The van der Waals surface area contributed by atoms with E-state index in [4.69, 9.17) is 22.1 Å². The van der Waals surface area contributed by atoms with Crippen molar-refractivity contribution in [2.45, 2.75) is 12.6 Å². The van der Waals surface area contributed by atoms with Gasteiger partial charge < -0.3 is 20.3 Å². The van der Waals surface area contributed by atoms with E-state index < -0.39 is 6.04 Å². The SMILES string of the molecule is COCC(N)C(=O)N1CCN(Cc2cccc(Cl)c2)C(=O)C1.Cl. The highest BCUT2D eigenvalue weighted by atomic mass is 35.5. The molecule has 0 spiro atoms. The van der Waals surface area contributed by atoms with Gasteiger partial charge in [0.15, 0.2) is 0 Å². The van der Waals surface area contributed by atoms with E-state index in [0.29, 0.717) is 24.7 Å². The van der Waals surface area contributed by atoms with Gasteiger partial charge in [-0.25, -0.2) is 0 Å². The molecule has 128 valence electrons. The lowest BCUT2D eigenvalue weighted by molar-refractivity contribution is -0.147. The molecule has 0 bridgehead atoms. The Morgan fingerprint density at radius 3 is 2.78 bits per heavy atom. The number of methoxy groups -OCH3 is 1. The van der Waals surface area contributed by atoms with E-state index in [1.807, 2.05) is 18.2 Å². The molecule has 1 aliphatic heterocycles. The molecule has 6 nitrogen and oxygen atoms in total. The predicted octanol–water partition coefficient (Wildman–Crippen LogP) is 0.906. The fourth-order valence-electron chi connectivity index (χ4n) is 2.40. The Kier molecular flexibility index (Phi) is 7.78. The molecule has 1 fully saturated rings. The zero-order valence-electron chi connectivity index (χ0n) is 12.9. The molecule has 1 saturated heterocycles. The summed E-state index contributed by atoms with van der Waals surface area (Å²) in [5.41, 5.74) is 6.69. The highest BCUT2D eigenvalue weighted by molar-refractivity contribution is 6.30. The highest BCUT2D eigenvalue weighted by Crippen LogP contribution is 2.14. The number of ether oxygens (including phenoxy) is 1. The topological polar surface area (TPSA) is 75.9 Å². The van der Waals surface area contributed by atoms with Crippen LogP contribution < -0.4 is 5.73 Å². The molecule has 1 unspecified atom stereocenters. The average molecular weight is 362 g/mol. The van der Waals surface area contributed by atoms with Crippen LogP contribution in [-0.2, 0) is 20.9 Å². The summed E-state index contributed by atoms with van der Waals surface area (Å²) in [6, 6.07) is 6.68. The molecular formula is C15H21Cl2N3O3. The lowest BCUT2D eigenvalue weighted by Crippen LogP contribution is -2.56. The van der Waals surface area contributed by atoms with E-state index in [2.05, 4.69) is 0 Å². The summed E-state index contributed by atoms with van der Waals surface area (Å²) in [6.07, 6.45) is 0. The normalized spacial score (nSPS) is 16.0. The molecule has 0 saturated carbocycles. The summed E-state index contributed by atoms with van der Waals surface area (Å²) in [7, 11) is 1.49. The number of amides is 2. The summed E-state index contributed by atoms with van der Waals surface area (Å²) in [5, 5.41) is 0.643. The fraction of sp³-hybridized carbons (Fsp3) is 0.467. The molecule has 2 rings (SSSR count). The monoisotopic (exact) mass is 361 g/mol. The average Bonchev–Trinajstić information content (AvgIpc) is 2.49. The minimum absolute atomic E-state index is 0. The number of halogens is 2. The molecular weight excluding hydrogens is 341 g/mol. The van der Waals surface area contributed by atoms with E-state index in [-0.39, 0.29) is 37.4 Å². The van der Waals surface area contributed by atoms with Crippen molar-refractivity contribution in [2.24, 2.45) is 5.73 Å². The van der Waals surface area contributed by atoms with Gasteiger partial charge in [0.1, 0.15) is 6.04 Å². The second-order valence-corrected chi connectivity index (χ2v) is 5.70. The maximum atomic E-state index is 12.2. The minimum Gasteiger partial charge on any atom is -0.383 e. The molecule has 1 aliphatic rings. The van der Waals surface area contributed by atoms with Gasteiger partial charge in [0.05, 0.1) is 13.2 Å². The van der Waals surface area contributed by atoms with Crippen LogP contribution in [0.4, 0.5) is 0 Å². The van der Waals surface area contributed by atoms with E-state index in [9.17, 15) is 9.59 Å². The number of carbonyl (C=O) groups excluding carboxylic acids is 2. The number of carbonyl (C=O) groups is 2. The van der Waals surface area contributed by atoms with Crippen molar-refractivity contribution in [1.82, 2.24) is 9.80 Å². The Morgan fingerprint density at radius 2 is 2.17 bits per heavy atom. The molecule has 1 aromatic carbocycles. The van der Waals surface area contributed by atoms with Crippen LogP contribution in [0.2, 0.25) is 5.02 Å². The van der Waals surface area contributed by atoms with Gasteiger partial charge in [-0.1, -0.05) is 23.7 Å². The van der Waals surface area contributed by atoms with Gasteiger partial charge in [0.25, 0.3) is 0 Å². The number of piperazine rings is 1. The third-order valence-corrected chi connectivity index (χ3v) is 3.79. The zero-order chi connectivity index (χ0) is 16.1. The summed E-state index contributed by atoms with van der Waals surface area (Å²) in [6.45, 7) is 1.65. The van der Waals surface area contributed by atoms with Crippen molar-refractivity contribution < 1.29 is 14.3 Å². The fourth-order valence-corrected chi connectivity index (χ4v) is 2.62. The van der Waals surface area contributed by atoms with Crippen LogP contribution in [0.25, 0.3) is 0 Å². The maximum Gasteiger partial charge on any atom is 0.242 e. The smallest absolute Gasteiger partial charge is 0.242 e. The Morgan fingerprint density at radius 1 is 1.43 bits per heavy atom. The van der Waals surface area contributed by atoms with Crippen LogP contribution in [0.5, 0.6) is 0 Å². The largest absolute Gasteiger partial charge is 0.383 e. The number of hydrogen-bond acceptors (Lipinski definition) is 4. The third kappa shape index (κ3) is 5.35. The van der Waals surface area contributed by atoms with Crippen LogP contribution in [0.15, 0.2) is 24.3 Å². The lowest BCUT2D eigenvalue weighted by Gasteiger charge is -2.35. The molecule has 1 heterocycles. The van der Waals surface area contributed by atoms with E-state index in [1.165, 1.54) is 12.0 Å². The molecule has 0 aliphatic carbocycles. The van der Waals surface area contributed by atoms with Crippen molar-refractivity contribution in [2.75, 3.05) is 33.4 Å². The first-order chi connectivity index (χ1) is 10.5. The van der Waals surface area contributed by atoms with Crippen LogP contribution in [0, 0.1) is 0 Å². The summed E-state index contributed by atoms with van der Waals surface area (Å²) in [5.74, 6) is -0.346. The highest BCUT2D eigenvalue weighted by Gasteiger charge is 2.29. The minimum atomic E-state index is -0.725. The molecule has 2 N–H and O–H groups in total. The Bertz CT molecular complexity index is 557. The molecule has 1 atom stereocenters. The van der Waals surface area contributed by atoms with Crippen LogP contribution in [0.1, 0.15) is 5.56 Å². The maximum absolute atomic E-state index is 12.2. The molecule has 1 aromatic rings. The molecule has 8 heteroatoms. The standard InChI is InChI=1S/C15H20ClN3O3.ClH/c1-22-10-13(17)15(21)19-6-5-18(14(20)9-19)8-11-3-2-4-12(16)7-11;/h2-4,7,13H,5-6,8-10,17H2,1H3;1H. The Labute approximate surface area is 146 Å². The van der Waals surface area contributed by atoms with Crippen LogP contribution in [-0.4, -0.2) is 61.0 Å². The van der Waals surface area contributed by atoms with Crippen LogP contribution in [0.3, 0.4) is 0 Å². The number of rotatable bonds is 5. The van der Waals surface area contributed by atoms with Gasteiger partial charge in [-0.05, 0) is 17.7 Å². The number of hydrogen-bond donors (Lipinski definition) is 1. The molecule has 0 aromatic heterocycles. The molecule has 0 radical (unpaired) electrons. The van der Waals surface area contributed by atoms with Gasteiger partial charge in [0.2, 0.25) is 11.8 Å². The van der Waals surface area contributed by atoms with Crippen molar-refractivity contribution in [1.29, 1.82) is 0 Å². The first-order valence-electron chi connectivity index (χ1n) is 7.07. The Balaban J connectivity index is 0.00000264. The number of benzene rings is 1.